The molecule has 8 nitrogen and oxygen atoms in total. The molecule has 0 bridgehead atoms. The Kier molecular flexibility index (Phi) is 11.0. The quantitative estimate of drug-likeness (QED) is 0.265. The third-order valence-electron chi connectivity index (χ3n) is 5.61. The standard InChI is InChI=1S/C21H34N4O4S.HI/c1-2-22-21(24-19-7-9-20(26)10-8-19)23-15-17-5-3-4-6-18(17)16-30(27,28)25-11-13-29-14-12-25;/h3-6,19-20,26H,2,7-16H2,1H3,(H2,22,23,24);1H. The molecule has 1 saturated carbocycles. The van der Waals surface area contributed by atoms with Crippen LogP contribution in [0, 0.1) is 0 Å². The SMILES string of the molecule is CCNC(=NCc1ccccc1CS(=O)(=O)N1CCOCC1)NC1CCC(O)CC1.I. The van der Waals surface area contributed by atoms with Crippen LogP contribution in [-0.4, -0.2) is 68.8 Å². The van der Waals surface area contributed by atoms with E-state index in [9.17, 15) is 13.5 Å². The van der Waals surface area contributed by atoms with Gasteiger partial charge in [0.25, 0.3) is 0 Å². The molecule has 1 aliphatic carbocycles. The van der Waals surface area contributed by atoms with Crippen molar-refractivity contribution in [3.63, 3.8) is 0 Å². The average molecular weight is 567 g/mol. The second-order valence-electron chi connectivity index (χ2n) is 7.88. The second kappa shape index (κ2) is 12.9. The molecule has 0 aromatic heterocycles. The summed E-state index contributed by atoms with van der Waals surface area (Å²) in [6, 6.07) is 7.88. The van der Waals surface area contributed by atoms with Crippen LogP contribution < -0.4 is 10.6 Å². The number of hydrogen-bond donors (Lipinski definition) is 3. The van der Waals surface area contributed by atoms with Crippen LogP contribution >= 0.6 is 24.0 Å². The van der Waals surface area contributed by atoms with Gasteiger partial charge in [0, 0.05) is 25.7 Å². The van der Waals surface area contributed by atoms with Gasteiger partial charge in [-0.2, -0.15) is 4.31 Å². The maximum absolute atomic E-state index is 12.8. The molecular weight excluding hydrogens is 531 g/mol. The van der Waals surface area contributed by atoms with E-state index in [1.165, 1.54) is 4.31 Å². The molecule has 3 N–H and O–H groups in total. The molecule has 3 rings (SSSR count). The number of aliphatic imine (C=N–C) groups is 1. The van der Waals surface area contributed by atoms with Crippen molar-refractivity contribution in [2.24, 2.45) is 4.99 Å². The minimum Gasteiger partial charge on any atom is -0.393 e. The molecular formula is C21H35IN4O4S. The third kappa shape index (κ3) is 8.16. The van der Waals surface area contributed by atoms with Crippen molar-refractivity contribution in [2.45, 2.75) is 57.1 Å². The number of rotatable bonds is 7. The summed E-state index contributed by atoms with van der Waals surface area (Å²) in [5.74, 6) is 0.702. The number of sulfonamides is 1. The lowest BCUT2D eigenvalue weighted by Gasteiger charge is -2.27. The molecule has 0 amide bonds. The van der Waals surface area contributed by atoms with E-state index in [0.717, 1.165) is 49.3 Å². The highest BCUT2D eigenvalue weighted by Crippen LogP contribution is 2.19. The maximum Gasteiger partial charge on any atom is 0.218 e. The molecule has 0 radical (unpaired) electrons. The van der Waals surface area contributed by atoms with Crippen LogP contribution in [0.2, 0.25) is 0 Å². The van der Waals surface area contributed by atoms with E-state index in [0.29, 0.717) is 38.9 Å². The van der Waals surface area contributed by atoms with Crippen LogP contribution in [0.4, 0.5) is 0 Å². The van der Waals surface area contributed by atoms with Gasteiger partial charge in [-0.05, 0) is 43.7 Å². The molecule has 176 valence electrons. The topological polar surface area (TPSA) is 103 Å². The largest absolute Gasteiger partial charge is 0.393 e. The van der Waals surface area contributed by atoms with E-state index in [-0.39, 0.29) is 35.8 Å². The molecule has 1 aromatic rings. The summed E-state index contributed by atoms with van der Waals surface area (Å²) in [6.45, 7) is 4.88. The minimum atomic E-state index is -3.39. The van der Waals surface area contributed by atoms with Gasteiger partial charge in [-0.3, -0.25) is 0 Å². The summed E-state index contributed by atoms with van der Waals surface area (Å²) < 4.78 is 32.4. The van der Waals surface area contributed by atoms with Gasteiger partial charge in [-0.15, -0.1) is 24.0 Å². The summed E-state index contributed by atoms with van der Waals surface area (Å²) in [5, 5.41) is 16.4. The van der Waals surface area contributed by atoms with Gasteiger partial charge in [0.1, 0.15) is 0 Å². The van der Waals surface area contributed by atoms with Crippen LogP contribution in [0.25, 0.3) is 0 Å². The van der Waals surface area contributed by atoms with Crippen molar-refractivity contribution in [1.29, 1.82) is 0 Å². The normalized spacial score (nSPS) is 23.1. The van der Waals surface area contributed by atoms with Crippen molar-refractivity contribution in [1.82, 2.24) is 14.9 Å². The van der Waals surface area contributed by atoms with Crippen LogP contribution in [0.15, 0.2) is 29.3 Å². The van der Waals surface area contributed by atoms with Crippen molar-refractivity contribution in [2.75, 3.05) is 32.8 Å². The van der Waals surface area contributed by atoms with E-state index in [1.807, 2.05) is 31.2 Å². The highest BCUT2D eigenvalue weighted by atomic mass is 127. The summed E-state index contributed by atoms with van der Waals surface area (Å²) in [6.07, 6.45) is 3.25. The van der Waals surface area contributed by atoms with E-state index >= 15 is 0 Å². The number of nitrogens with zero attached hydrogens (tertiary/aromatic N) is 2. The predicted molar refractivity (Wildman–Crippen MR) is 133 cm³/mol. The molecule has 1 saturated heterocycles. The first-order chi connectivity index (χ1) is 14.5. The van der Waals surface area contributed by atoms with Crippen LogP contribution in [0.1, 0.15) is 43.7 Å². The van der Waals surface area contributed by atoms with Gasteiger partial charge in [-0.1, -0.05) is 24.3 Å². The number of morpholine rings is 1. The van der Waals surface area contributed by atoms with Gasteiger partial charge in [0.05, 0.1) is 31.6 Å². The van der Waals surface area contributed by atoms with E-state index < -0.39 is 10.0 Å². The highest BCUT2D eigenvalue weighted by Gasteiger charge is 2.25. The zero-order valence-corrected chi connectivity index (χ0v) is 21.3. The van der Waals surface area contributed by atoms with Crippen LogP contribution in [0.3, 0.4) is 0 Å². The molecule has 2 fully saturated rings. The first kappa shape index (κ1) is 26.3. The van der Waals surface area contributed by atoms with Gasteiger partial charge in [0.2, 0.25) is 10.0 Å². The fourth-order valence-corrected chi connectivity index (χ4v) is 5.43. The summed E-state index contributed by atoms with van der Waals surface area (Å²) in [4.78, 5) is 4.70. The van der Waals surface area contributed by atoms with Crippen molar-refractivity contribution in [3.05, 3.63) is 35.4 Å². The molecule has 1 aliphatic heterocycles. The Balaban J connectivity index is 0.00000341. The number of aliphatic hydroxyl groups excluding tert-OH is 1. The average Bonchev–Trinajstić information content (AvgIpc) is 2.75. The first-order valence-corrected chi connectivity index (χ1v) is 12.4. The second-order valence-corrected chi connectivity index (χ2v) is 9.85. The summed E-state index contributed by atoms with van der Waals surface area (Å²) in [7, 11) is -3.39. The Morgan fingerprint density at radius 1 is 1.16 bits per heavy atom. The van der Waals surface area contributed by atoms with Gasteiger partial charge >= 0.3 is 0 Å². The molecule has 1 aromatic carbocycles. The predicted octanol–water partition coefficient (Wildman–Crippen LogP) is 1.83. The molecule has 2 aliphatic rings. The van der Waals surface area contributed by atoms with Crippen molar-refractivity contribution in [3.8, 4) is 0 Å². The van der Waals surface area contributed by atoms with Crippen molar-refractivity contribution < 1.29 is 18.3 Å². The molecule has 10 heteroatoms. The number of halogens is 1. The number of benzene rings is 1. The van der Waals surface area contributed by atoms with Crippen molar-refractivity contribution >= 4 is 40.0 Å². The molecule has 0 atom stereocenters. The lowest BCUT2D eigenvalue weighted by Crippen LogP contribution is -2.45. The lowest BCUT2D eigenvalue weighted by molar-refractivity contribution is 0.0729. The highest BCUT2D eigenvalue weighted by molar-refractivity contribution is 14.0. The van der Waals surface area contributed by atoms with E-state index in [1.54, 1.807) is 0 Å². The zero-order chi connectivity index (χ0) is 21.4. The molecule has 0 spiro atoms. The number of aliphatic hydroxyl groups is 1. The Morgan fingerprint density at radius 3 is 2.45 bits per heavy atom. The Hall–Kier alpha value is -0.950. The number of guanidine groups is 1. The smallest absolute Gasteiger partial charge is 0.218 e. The van der Waals surface area contributed by atoms with Gasteiger partial charge in [0.15, 0.2) is 5.96 Å². The Morgan fingerprint density at radius 2 is 1.81 bits per heavy atom. The number of nitrogens with one attached hydrogen (secondary N) is 2. The first-order valence-electron chi connectivity index (χ1n) is 10.8. The van der Waals surface area contributed by atoms with Gasteiger partial charge < -0.3 is 20.5 Å². The maximum atomic E-state index is 12.8. The van der Waals surface area contributed by atoms with E-state index in [2.05, 4.69) is 10.6 Å². The van der Waals surface area contributed by atoms with Gasteiger partial charge in [-0.25, -0.2) is 13.4 Å². The molecule has 31 heavy (non-hydrogen) atoms. The Bertz CT molecular complexity index is 807. The lowest BCUT2D eigenvalue weighted by atomic mass is 9.93. The Labute approximate surface area is 202 Å². The summed E-state index contributed by atoms with van der Waals surface area (Å²) in [5.41, 5.74) is 1.69. The fraction of sp³-hybridized carbons (Fsp3) is 0.667. The van der Waals surface area contributed by atoms with Crippen LogP contribution in [-0.2, 0) is 27.1 Å². The number of ether oxygens (including phenoxy) is 1. The monoisotopic (exact) mass is 566 g/mol. The van der Waals surface area contributed by atoms with Crippen LogP contribution in [0.5, 0.6) is 0 Å². The third-order valence-corrected chi connectivity index (χ3v) is 7.44. The number of hydrogen-bond acceptors (Lipinski definition) is 5. The minimum absolute atomic E-state index is 0. The summed E-state index contributed by atoms with van der Waals surface area (Å²) >= 11 is 0. The fourth-order valence-electron chi connectivity index (χ4n) is 3.86. The van der Waals surface area contributed by atoms with E-state index in [4.69, 9.17) is 9.73 Å². The molecule has 0 unspecified atom stereocenters. The molecule has 1 heterocycles. The zero-order valence-electron chi connectivity index (χ0n) is 18.1.